The molecule has 0 spiro atoms. The van der Waals surface area contributed by atoms with E-state index in [4.69, 9.17) is 14.2 Å². The average molecular weight is 462 g/mol. The number of anilines is 1. The molecule has 1 aliphatic heterocycles. The molecule has 0 N–H and O–H groups in total. The molecule has 0 bridgehead atoms. The lowest BCUT2D eigenvalue weighted by molar-refractivity contribution is -0.137. The number of hydrogen-bond acceptors (Lipinski definition) is 6. The molecule has 1 aliphatic carbocycles. The molecule has 0 radical (unpaired) electrons. The SMILES string of the molecule is COc1cc(/C=C2\CC/C(=C\c3ccc(N4CCOCC4)cc3)C2=O)ccc1OC(=O)C(C)C. The molecule has 2 aromatic carbocycles. The van der Waals surface area contributed by atoms with Crippen LogP contribution in [0.4, 0.5) is 5.69 Å². The van der Waals surface area contributed by atoms with Crippen LogP contribution in [0.15, 0.2) is 53.6 Å². The number of methoxy groups -OCH3 is 1. The van der Waals surface area contributed by atoms with E-state index >= 15 is 0 Å². The van der Waals surface area contributed by atoms with E-state index in [1.54, 1.807) is 26.0 Å². The first-order chi connectivity index (χ1) is 16.4. The third-order valence-corrected chi connectivity index (χ3v) is 6.07. The van der Waals surface area contributed by atoms with Crippen LogP contribution < -0.4 is 14.4 Å². The maximum Gasteiger partial charge on any atom is 0.313 e. The Labute approximate surface area is 200 Å². The summed E-state index contributed by atoms with van der Waals surface area (Å²) in [6.07, 6.45) is 5.29. The van der Waals surface area contributed by atoms with Crippen molar-refractivity contribution in [2.24, 2.45) is 5.92 Å². The minimum absolute atomic E-state index is 0.0755. The lowest BCUT2D eigenvalue weighted by Crippen LogP contribution is -2.36. The van der Waals surface area contributed by atoms with E-state index < -0.39 is 0 Å². The van der Waals surface area contributed by atoms with Crippen LogP contribution in [0, 0.1) is 5.92 Å². The fourth-order valence-electron chi connectivity index (χ4n) is 4.07. The molecule has 34 heavy (non-hydrogen) atoms. The molecule has 0 unspecified atom stereocenters. The zero-order valence-electron chi connectivity index (χ0n) is 20.0. The Morgan fingerprint density at radius 3 is 2.18 bits per heavy atom. The smallest absolute Gasteiger partial charge is 0.313 e. The predicted octanol–water partition coefficient (Wildman–Crippen LogP) is 4.92. The van der Waals surface area contributed by atoms with Crippen molar-refractivity contribution in [1.82, 2.24) is 0 Å². The molecule has 1 heterocycles. The standard InChI is InChI=1S/C28H31NO5/c1-19(2)28(31)34-25-11-6-21(18-26(25)32-3)17-23-8-7-22(27(23)30)16-20-4-9-24(10-5-20)29-12-14-33-15-13-29/h4-6,9-11,16-19H,7-8,12-15H2,1-3H3/b22-16+,23-17+. The minimum Gasteiger partial charge on any atom is -0.493 e. The van der Waals surface area contributed by atoms with Crippen LogP contribution in [0.3, 0.4) is 0 Å². The minimum atomic E-state index is -0.317. The van der Waals surface area contributed by atoms with E-state index in [1.807, 2.05) is 18.2 Å². The van der Waals surface area contributed by atoms with Gasteiger partial charge < -0.3 is 19.1 Å². The normalized spacial score (nSPS) is 18.7. The first-order valence-corrected chi connectivity index (χ1v) is 11.7. The molecular formula is C28H31NO5. The van der Waals surface area contributed by atoms with Crippen molar-refractivity contribution in [3.63, 3.8) is 0 Å². The van der Waals surface area contributed by atoms with Gasteiger partial charge in [0, 0.05) is 29.9 Å². The summed E-state index contributed by atoms with van der Waals surface area (Å²) in [4.78, 5) is 27.2. The van der Waals surface area contributed by atoms with Gasteiger partial charge >= 0.3 is 5.97 Å². The Kier molecular flexibility index (Phi) is 7.48. The van der Waals surface area contributed by atoms with E-state index in [0.29, 0.717) is 17.9 Å². The van der Waals surface area contributed by atoms with E-state index in [-0.39, 0.29) is 17.7 Å². The number of esters is 1. The van der Waals surface area contributed by atoms with E-state index in [0.717, 1.165) is 55.0 Å². The number of morpholine rings is 1. The van der Waals surface area contributed by atoms with Crippen molar-refractivity contribution in [3.05, 3.63) is 64.7 Å². The van der Waals surface area contributed by atoms with Crippen LogP contribution in [-0.4, -0.2) is 45.2 Å². The van der Waals surface area contributed by atoms with Gasteiger partial charge in [-0.3, -0.25) is 9.59 Å². The van der Waals surface area contributed by atoms with Gasteiger partial charge in [-0.1, -0.05) is 32.0 Å². The monoisotopic (exact) mass is 461 g/mol. The zero-order chi connectivity index (χ0) is 24.1. The molecular weight excluding hydrogens is 430 g/mol. The first kappa shape index (κ1) is 23.8. The van der Waals surface area contributed by atoms with Crippen LogP contribution in [0.1, 0.15) is 37.8 Å². The highest BCUT2D eigenvalue weighted by atomic mass is 16.6. The number of Topliss-reactive ketones (excluding diaryl/α,β-unsaturated/α-hetero) is 1. The summed E-state index contributed by atoms with van der Waals surface area (Å²) >= 11 is 0. The molecule has 2 fully saturated rings. The number of nitrogens with zero attached hydrogens (tertiary/aromatic N) is 1. The topological polar surface area (TPSA) is 65.1 Å². The van der Waals surface area contributed by atoms with Gasteiger partial charge in [-0.25, -0.2) is 0 Å². The summed E-state index contributed by atoms with van der Waals surface area (Å²) in [5, 5.41) is 0. The largest absolute Gasteiger partial charge is 0.493 e. The number of rotatable bonds is 6. The summed E-state index contributed by atoms with van der Waals surface area (Å²) in [5.74, 6) is 0.366. The van der Waals surface area contributed by atoms with Crippen molar-refractivity contribution >= 4 is 29.6 Å². The Balaban J connectivity index is 1.46. The molecule has 4 rings (SSSR count). The summed E-state index contributed by atoms with van der Waals surface area (Å²) in [7, 11) is 1.53. The number of hydrogen-bond donors (Lipinski definition) is 0. The lowest BCUT2D eigenvalue weighted by Gasteiger charge is -2.28. The van der Waals surface area contributed by atoms with Crippen molar-refractivity contribution in [1.29, 1.82) is 0 Å². The number of carbonyl (C=O) groups excluding carboxylic acids is 2. The summed E-state index contributed by atoms with van der Waals surface area (Å²) < 4.78 is 16.2. The molecule has 1 saturated carbocycles. The molecule has 1 saturated heterocycles. The van der Waals surface area contributed by atoms with Crippen LogP contribution in [0.2, 0.25) is 0 Å². The fraction of sp³-hybridized carbons (Fsp3) is 0.357. The van der Waals surface area contributed by atoms with Crippen LogP contribution >= 0.6 is 0 Å². The molecule has 6 heteroatoms. The number of ether oxygens (including phenoxy) is 3. The third kappa shape index (κ3) is 5.57. The Morgan fingerprint density at radius 1 is 0.941 bits per heavy atom. The fourth-order valence-corrected chi connectivity index (χ4v) is 4.07. The van der Waals surface area contributed by atoms with Gasteiger partial charge in [0.1, 0.15) is 0 Å². The second-order valence-electron chi connectivity index (χ2n) is 8.85. The Bertz CT molecular complexity index is 1110. The summed E-state index contributed by atoms with van der Waals surface area (Å²) in [5.41, 5.74) is 4.63. The highest BCUT2D eigenvalue weighted by Crippen LogP contribution is 2.33. The number of carbonyl (C=O) groups is 2. The summed E-state index contributed by atoms with van der Waals surface area (Å²) in [6.45, 7) is 6.88. The maximum atomic E-state index is 13.0. The van der Waals surface area contributed by atoms with Crippen LogP contribution in [-0.2, 0) is 14.3 Å². The summed E-state index contributed by atoms with van der Waals surface area (Å²) in [6, 6.07) is 13.7. The Morgan fingerprint density at radius 2 is 1.56 bits per heavy atom. The second kappa shape index (κ2) is 10.7. The van der Waals surface area contributed by atoms with Gasteiger partial charge in [0.05, 0.1) is 26.2 Å². The van der Waals surface area contributed by atoms with Crippen molar-refractivity contribution < 1.29 is 23.8 Å². The molecule has 2 aliphatic rings. The average Bonchev–Trinajstić information content (AvgIpc) is 3.19. The molecule has 0 amide bonds. The van der Waals surface area contributed by atoms with Crippen molar-refractivity contribution in [3.8, 4) is 11.5 Å². The van der Waals surface area contributed by atoms with Gasteiger partial charge in [0.2, 0.25) is 0 Å². The molecule has 2 aromatic rings. The number of allylic oxidation sites excluding steroid dienone is 2. The van der Waals surface area contributed by atoms with E-state index in [1.165, 1.54) is 12.8 Å². The number of benzene rings is 2. The van der Waals surface area contributed by atoms with Gasteiger partial charge in [-0.2, -0.15) is 0 Å². The molecule has 0 atom stereocenters. The Hall–Kier alpha value is -3.38. The maximum absolute atomic E-state index is 13.0. The number of ketones is 1. The first-order valence-electron chi connectivity index (χ1n) is 11.7. The van der Waals surface area contributed by atoms with Crippen LogP contribution in [0.25, 0.3) is 12.2 Å². The zero-order valence-corrected chi connectivity index (χ0v) is 20.0. The molecule has 0 aromatic heterocycles. The van der Waals surface area contributed by atoms with Crippen molar-refractivity contribution in [2.75, 3.05) is 38.3 Å². The van der Waals surface area contributed by atoms with E-state index in [9.17, 15) is 9.59 Å². The second-order valence-corrected chi connectivity index (χ2v) is 8.85. The predicted molar refractivity (Wildman–Crippen MR) is 133 cm³/mol. The van der Waals surface area contributed by atoms with Gasteiger partial charge in [-0.05, 0) is 60.4 Å². The molecule has 178 valence electrons. The third-order valence-electron chi connectivity index (χ3n) is 6.07. The molecule has 6 nitrogen and oxygen atoms in total. The van der Waals surface area contributed by atoms with E-state index in [2.05, 4.69) is 29.2 Å². The highest BCUT2D eigenvalue weighted by Gasteiger charge is 2.23. The van der Waals surface area contributed by atoms with Crippen molar-refractivity contribution in [2.45, 2.75) is 26.7 Å². The quantitative estimate of drug-likeness (QED) is 0.346. The van der Waals surface area contributed by atoms with Gasteiger partial charge in [0.15, 0.2) is 17.3 Å². The van der Waals surface area contributed by atoms with Gasteiger partial charge in [0.25, 0.3) is 0 Å². The lowest BCUT2D eigenvalue weighted by atomic mass is 10.1. The van der Waals surface area contributed by atoms with Crippen LogP contribution in [0.5, 0.6) is 11.5 Å². The van der Waals surface area contributed by atoms with Gasteiger partial charge in [-0.15, -0.1) is 0 Å². The highest BCUT2D eigenvalue weighted by molar-refractivity contribution is 6.15.